The zero-order valence-electron chi connectivity index (χ0n) is 7.91. The number of hydrogen-bond acceptors (Lipinski definition) is 5. The molecule has 0 aromatic carbocycles. The first-order valence-corrected chi connectivity index (χ1v) is 3.87. The third-order valence-electron chi connectivity index (χ3n) is 1.11. The minimum absolute atomic E-state index is 0.368. The molecule has 0 atom stereocenters. The predicted octanol–water partition coefficient (Wildman–Crippen LogP) is 0.514. The molecule has 6 heteroatoms. The second-order valence-corrected chi connectivity index (χ2v) is 2.01. The van der Waals surface area contributed by atoms with Gasteiger partial charge in [-0.3, -0.25) is 19.9 Å². The van der Waals surface area contributed by atoms with Crippen molar-refractivity contribution in [1.29, 1.82) is 0 Å². The molecule has 0 aliphatic heterocycles. The van der Waals surface area contributed by atoms with Crippen molar-refractivity contribution in [3.63, 3.8) is 0 Å². The number of nitrogens with one attached hydrogen (secondary N) is 1. The number of carbonyl (C=O) groups excluding carboxylic acids is 2. The molecule has 0 aliphatic rings. The molecular formula is C9H10N4O2. The van der Waals surface area contributed by atoms with Gasteiger partial charge in [0.2, 0.25) is 0 Å². The topological polar surface area (TPSA) is 88.6 Å². The molecule has 2 rings (SSSR count). The van der Waals surface area contributed by atoms with Gasteiger partial charge < -0.3 is 4.79 Å². The van der Waals surface area contributed by atoms with Crippen LogP contribution in [-0.4, -0.2) is 33.2 Å². The Kier molecular flexibility index (Phi) is 8.18. The molecule has 0 fully saturated rings. The Hall–Kier alpha value is -2.37. The lowest BCUT2D eigenvalue weighted by Gasteiger charge is -1.80. The Balaban J connectivity index is 0.000000241. The van der Waals surface area contributed by atoms with Gasteiger partial charge >= 0.3 is 0 Å². The zero-order valence-corrected chi connectivity index (χ0v) is 7.91. The van der Waals surface area contributed by atoms with Crippen molar-refractivity contribution in [2.75, 3.05) is 0 Å². The summed E-state index contributed by atoms with van der Waals surface area (Å²) in [5.41, 5.74) is 0.368. The summed E-state index contributed by atoms with van der Waals surface area (Å²) in [5, 5.41) is 6.21. The second kappa shape index (κ2) is 9.72. The molecule has 0 aliphatic carbocycles. The monoisotopic (exact) mass is 206 g/mol. The van der Waals surface area contributed by atoms with Gasteiger partial charge in [0.25, 0.3) is 0 Å². The average molecular weight is 206 g/mol. The lowest BCUT2D eigenvalue weighted by Crippen LogP contribution is -1.84. The number of hydrogen-bond donors (Lipinski definition) is 1. The summed E-state index contributed by atoms with van der Waals surface area (Å²) in [4.78, 5) is 25.2. The van der Waals surface area contributed by atoms with Crippen LogP contribution in [0.1, 0.15) is 10.5 Å². The van der Waals surface area contributed by atoms with Crippen LogP contribution in [0, 0.1) is 0 Å². The molecule has 0 spiro atoms. The summed E-state index contributed by atoms with van der Waals surface area (Å²) < 4.78 is 0. The van der Waals surface area contributed by atoms with E-state index in [9.17, 15) is 4.79 Å². The molecule has 2 aromatic heterocycles. The number of aromatic nitrogens is 4. The highest BCUT2D eigenvalue weighted by Crippen LogP contribution is 1.80. The number of aromatic amines is 1. The summed E-state index contributed by atoms with van der Waals surface area (Å²) in [5.74, 6) is 0. The number of nitrogens with zero attached hydrogens (tertiary/aromatic N) is 3. The highest BCUT2D eigenvalue weighted by molar-refractivity contribution is 5.70. The summed E-state index contributed by atoms with van der Waals surface area (Å²) in [6, 6.07) is 1.83. The maximum Gasteiger partial charge on any atom is 0.170 e. The molecule has 2 heterocycles. The normalized spacial score (nSPS) is 7.47. The molecule has 0 saturated carbocycles. The van der Waals surface area contributed by atoms with E-state index in [1.165, 1.54) is 18.6 Å². The van der Waals surface area contributed by atoms with Crippen molar-refractivity contribution in [1.82, 2.24) is 20.2 Å². The molecule has 0 saturated heterocycles. The lowest BCUT2D eigenvalue weighted by atomic mass is 10.5. The van der Waals surface area contributed by atoms with Crippen LogP contribution >= 0.6 is 0 Å². The van der Waals surface area contributed by atoms with Gasteiger partial charge in [-0.1, -0.05) is 0 Å². The SMILES string of the molecule is C=O.O=Cc1cnccn1.c1cn[nH]c1. The number of H-pyrrole nitrogens is 1. The van der Waals surface area contributed by atoms with Crippen LogP contribution in [-0.2, 0) is 4.79 Å². The van der Waals surface area contributed by atoms with E-state index in [-0.39, 0.29) is 0 Å². The smallest absolute Gasteiger partial charge is 0.170 e. The Morgan fingerprint density at radius 1 is 1.27 bits per heavy atom. The Morgan fingerprint density at radius 3 is 2.33 bits per heavy atom. The van der Waals surface area contributed by atoms with Gasteiger partial charge in [0.15, 0.2) is 6.29 Å². The van der Waals surface area contributed by atoms with E-state index >= 15 is 0 Å². The van der Waals surface area contributed by atoms with Gasteiger partial charge in [-0.05, 0) is 6.07 Å². The summed E-state index contributed by atoms with van der Waals surface area (Å²) >= 11 is 0. The average Bonchev–Trinajstić information content (AvgIpc) is 2.92. The molecular weight excluding hydrogens is 196 g/mol. The van der Waals surface area contributed by atoms with Gasteiger partial charge in [-0.15, -0.1) is 0 Å². The first-order chi connectivity index (χ1) is 7.43. The van der Waals surface area contributed by atoms with E-state index in [0.29, 0.717) is 12.0 Å². The fraction of sp³-hybridized carbons (Fsp3) is 0. The maximum atomic E-state index is 9.90. The van der Waals surface area contributed by atoms with Crippen LogP contribution in [0.25, 0.3) is 0 Å². The van der Waals surface area contributed by atoms with Gasteiger partial charge in [-0.2, -0.15) is 5.10 Å². The van der Waals surface area contributed by atoms with E-state index < -0.39 is 0 Å². The summed E-state index contributed by atoms with van der Waals surface area (Å²) in [6.45, 7) is 2.00. The Labute approximate surface area is 86.4 Å². The third kappa shape index (κ3) is 6.76. The largest absolute Gasteiger partial charge is 0.307 e. The van der Waals surface area contributed by atoms with Crippen LogP contribution in [0.3, 0.4) is 0 Å². The first kappa shape index (κ1) is 12.6. The van der Waals surface area contributed by atoms with E-state index in [1.807, 2.05) is 12.9 Å². The van der Waals surface area contributed by atoms with Crippen molar-refractivity contribution in [3.05, 3.63) is 42.7 Å². The summed E-state index contributed by atoms with van der Waals surface area (Å²) in [6.07, 6.45) is 8.52. The van der Waals surface area contributed by atoms with Crippen LogP contribution in [0.15, 0.2) is 37.1 Å². The minimum Gasteiger partial charge on any atom is -0.307 e. The van der Waals surface area contributed by atoms with Crippen LogP contribution < -0.4 is 0 Å². The molecule has 0 amide bonds. The first-order valence-electron chi connectivity index (χ1n) is 3.87. The molecule has 15 heavy (non-hydrogen) atoms. The van der Waals surface area contributed by atoms with Gasteiger partial charge in [0, 0.05) is 24.8 Å². The van der Waals surface area contributed by atoms with Crippen molar-refractivity contribution in [3.8, 4) is 0 Å². The Morgan fingerprint density at radius 2 is 2.07 bits per heavy atom. The minimum atomic E-state index is 0.368. The van der Waals surface area contributed by atoms with Gasteiger partial charge in [0.1, 0.15) is 12.5 Å². The Bertz CT molecular complexity index is 319. The number of carbonyl (C=O) groups is 2. The number of rotatable bonds is 1. The fourth-order valence-corrected chi connectivity index (χ4v) is 0.587. The lowest BCUT2D eigenvalue weighted by molar-refractivity contribution is -0.0979. The number of aldehydes is 1. The van der Waals surface area contributed by atoms with E-state index in [4.69, 9.17) is 4.79 Å². The predicted molar refractivity (Wildman–Crippen MR) is 53.1 cm³/mol. The molecule has 1 N–H and O–H groups in total. The van der Waals surface area contributed by atoms with Crippen LogP contribution in [0.5, 0.6) is 0 Å². The van der Waals surface area contributed by atoms with E-state index in [0.717, 1.165) is 0 Å². The van der Waals surface area contributed by atoms with Crippen molar-refractivity contribution in [2.45, 2.75) is 0 Å². The van der Waals surface area contributed by atoms with E-state index in [2.05, 4.69) is 20.2 Å². The van der Waals surface area contributed by atoms with E-state index in [1.54, 1.807) is 12.4 Å². The highest BCUT2D eigenvalue weighted by Gasteiger charge is 1.83. The zero-order chi connectivity index (χ0) is 11.4. The van der Waals surface area contributed by atoms with Crippen molar-refractivity contribution in [2.24, 2.45) is 0 Å². The van der Waals surface area contributed by atoms with Crippen LogP contribution in [0.4, 0.5) is 0 Å². The molecule has 0 bridgehead atoms. The second-order valence-electron chi connectivity index (χ2n) is 2.01. The van der Waals surface area contributed by atoms with Gasteiger partial charge in [-0.25, -0.2) is 0 Å². The highest BCUT2D eigenvalue weighted by atomic mass is 16.1. The fourth-order valence-electron chi connectivity index (χ4n) is 0.587. The third-order valence-corrected chi connectivity index (χ3v) is 1.11. The molecule has 6 nitrogen and oxygen atoms in total. The van der Waals surface area contributed by atoms with Crippen molar-refractivity contribution < 1.29 is 9.59 Å². The van der Waals surface area contributed by atoms with Crippen LogP contribution in [0.2, 0.25) is 0 Å². The van der Waals surface area contributed by atoms with Crippen molar-refractivity contribution >= 4 is 13.1 Å². The molecule has 0 radical (unpaired) electrons. The molecule has 2 aromatic rings. The van der Waals surface area contributed by atoms with Gasteiger partial charge in [0.05, 0.1) is 6.20 Å². The standard InChI is InChI=1S/C5H4N2O.C3H4N2.CH2O/c8-4-5-3-6-1-2-7-5;1-2-4-5-3-1;1-2/h1-4H;1-3H,(H,4,5);1H2. The summed E-state index contributed by atoms with van der Waals surface area (Å²) in [7, 11) is 0. The molecule has 78 valence electrons. The molecule has 0 unspecified atom stereocenters. The maximum absolute atomic E-state index is 9.90. The quantitative estimate of drug-likeness (QED) is 0.687.